The summed E-state index contributed by atoms with van der Waals surface area (Å²) in [6.07, 6.45) is 8.40. The standard InChI is InChI=1S/C9H19N.ClH/c1-2-3-6-9-7-4-5-8-10-9;/h9-10H,2-8H2,1H3;1H/t9-;/m0./s1. The van der Waals surface area contributed by atoms with Crippen molar-refractivity contribution in [1.82, 2.24) is 5.32 Å². The molecule has 0 spiro atoms. The molecule has 0 bridgehead atoms. The molecule has 1 N–H and O–H groups in total. The molecule has 0 aromatic rings. The van der Waals surface area contributed by atoms with Crippen LogP contribution in [0.25, 0.3) is 0 Å². The molecule has 0 unspecified atom stereocenters. The minimum Gasteiger partial charge on any atom is -0.314 e. The zero-order valence-electron chi connectivity index (χ0n) is 7.44. The first-order chi connectivity index (χ1) is 4.93. The van der Waals surface area contributed by atoms with E-state index in [1.54, 1.807) is 0 Å². The second-order valence-electron chi connectivity index (χ2n) is 3.29. The first kappa shape index (κ1) is 11.2. The maximum absolute atomic E-state index is 3.55. The summed E-state index contributed by atoms with van der Waals surface area (Å²) in [5.41, 5.74) is 0. The summed E-state index contributed by atoms with van der Waals surface area (Å²) in [6, 6.07) is 0.855. The van der Waals surface area contributed by atoms with Crippen LogP contribution in [0, 0.1) is 0 Å². The third-order valence-corrected chi connectivity index (χ3v) is 2.32. The summed E-state index contributed by atoms with van der Waals surface area (Å²) in [7, 11) is 0. The van der Waals surface area contributed by atoms with Gasteiger partial charge < -0.3 is 5.32 Å². The number of unbranched alkanes of at least 4 members (excludes halogenated alkanes) is 1. The highest BCUT2D eigenvalue weighted by molar-refractivity contribution is 5.85. The summed E-state index contributed by atoms with van der Waals surface area (Å²) >= 11 is 0. The van der Waals surface area contributed by atoms with E-state index in [9.17, 15) is 0 Å². The number of nitrogens with one attached hydrogen (secondary N) is 1. The van der Waals surface area contributed by atoms with Crippen LogP contribution in [0.1, 0.15) is 45.4 Å². The lowest BCUT2D eigenvalue weighted by Gasteiger charge is -2.22. The Hall–Kier alpha value is 0.250. The van der Waals surface area contributed by atoms with Crippen LogP contribution < -0.4 is 5.32 Å². The second kappa shape index (κ2) is 6.93. The Balaban J connectivity index is 0.000001000. The molecule has 68 valence electrons. The van der Waals surface area contributed by atoms with E-state index in [-0.39, 0.29) is 12.4 Å². The van der Waals surface area contributed by atoms with Gasteiger partial charge in [0.2, 0.25) is 0 Å². The molecule has 0 saturated carbocycles. The molecular weight excluding hydrogens is 158 g/mol. The van der Waals surface area contributed by atoms with Crippen molar-refractivity contribution < 1.29 is 0 Å². The van der Waals surface area contributed by atoms with Crippen LogP contribution in [0.5, 0.6) is 0 Å². The van der Waals surface area contributed by atoms with Gasteiger partial charge in [-0.1, -0.05) is 26.2 Å². The Bertz CT molecular complexity index is 79.6. The summed E-state index contributed by atoms with van der Waals surface area (Å²) in [5.74, 6) is 0. The molecular formula is C9H20ClN. The Morgan fingerprint density at radius 1 is 1.36 bits per heavy atom. The van der Waals surface area contributed by atoms with Crippen LogP contribution >= 0.6 is 12.4 Å². The number of piperidine rings is 1. The van der Waals surface area contributed by atoms with Crippen molar-refractivity contribution in [2.75, 3.05) is 6.54 Å². The molecule has 1 heterocycles. The molecule has 0 amide bonds. The van der Waals surface area contributed by atoms with Crippen LogP contribution in [-0.4, -0.2) is 12.6 Å². The normalized spacial score (nSPS) is 24.3. The van der Waals surface area contributed by atoms with Crippen molar-refractivity contribution in [2.24, 2.45) is 0 Å². The van der Waals surface area contributed by atoms with Gasteiger partial charge in [0.25, 0.3) is 0 Å². The van der Waals surface area contributed by atoms with Crippen molar-refractivity contribution in [3.8, 4) is 0 Å². The lowest BCUT2D eigenvalue weighted by atomic mass is 10.0. The smallest absolute Gasteiger partial charge is 0.00670 e. The summed E-state index contributed by atoms with van der Waals surface area (Å²) in [5, 5.41) is 3.55. The third-order valence-electron chi connectivity index (χ3n) is 2.32. The molecule has 2 heteroatoms. The van der Waals surface area contributed by atoms with Gasteiger partial charge in [0.15, 0.2) is 0 Å². The molecule has 1 aliphatic rings. The third kappa shape index (κ3) is 4.65. The summed E-state index contributed by atoms with van der Waals surface area (Å²) < 4.78 is 0. The van der Waals surface area contributed by atoms with Gasteiger partial charge in [0.1, 0.15) is 0 Å². The Kier molecular flexibility index (Phi) is 7.09. The Morgan fingerprint density at radius 3 is 2.73 bits per heavy atom. The zero-order valence-corrected chi connectivity index (χ0v) is 8.25. The highest BCUT2D eigenvalue weighted by atomic mass is 35.5. The lowest BCUT2D eigenvalue weighted by Crippen LogP contribution is -2.33. The topological polar surface area (TPSA) is 12.0 Å². The molecule has 1 nitrogen and oxygen atoms in total. The molecule has 0 aliphatic carbocycles. The molecule has 0 aromatic carbocycles. The zero-order chi connectivity index (χ0) is 7.23. The Labute approximate surface area is 76.4 Å². The number of hydrogen-bond donors (Lipinski definition) is 1. The predicted molar refractivity (Wildman–Crippen MR) is 52.4 cm³/mol. The lowest BCUT2D eigenvalue weighted by molar-refractivity contribution is 0.374. The number of hydrogen-bond acceptors (Lipinski definition) is 1. The maximum atomic E-state index is 3.55. The summed E-state index contributed by atoms with van der Waals surface area (Å²) in [6.45, 7) is 3.53. The van der Waals surface area contributed by atoms with Gasteiger partial charge in [-0.15, -0.1) is 12.4 Å². The van der Waals surface area contributed by atoms with Crippen LogP contribution in [0.15, 0.2) is 0 Å². The molecule has 1 fully saturated rings. The minimum absolute atomic E-state index is 0. The average Bonchev–Trinajstić information content (AvgIpc) is 2.03. The maximum Gasteiger partial charge on any atom is 0.00670 e. The van der Waals surface area contributed by atoms with Gasteiger partial charge in [0.05, 0.1) is 0 Å². The van der Waals surface area contributed by atoms with E-state index < -0.39 is 0 Å². The Morgan fingerprint density at radius 2 is 2.18 bits per heavy atom. The largest absolute Gasteiger partial charge is 0.314 e. The van der Waals surface area contributed by atoms with E-state index >= 15 is 0 Å². The van der Waals surface area contributed by atoms with Crippen molar-refractivity contribution in [3.05, 3.63) is 0 Å². The highest BCUT2D eigenvalue weighted by Gasteiger charge is 2.10. The number of rotatable bonds is 3. The molecule has 1 rings (SSSR count). The summed E-state index contributed by atoms with van der Waals surface area (Å²) in [4.78, 5) is 0. The fraction of sp³-hybridized carbons (Fsp3) is 1.00. The molecule has 0 radical (unpaired) electrons. The van der Waals surface area contributed by atoms with Crippen molar-refractivity contribution in [2.45, 2.75) is 51.5 Å². The molecule has 1 atom stereocenters. The van der Waals surface area contributed by atoms with Crippen molar-refractivity contribution >= 4 is 12.4 Å². The van der Waals surface area contributed by atoms with E-state index in [0.717, 1.165) is 6.04 Å². The molecule has 0 aromatic heterocycles. The van der Waals surface area contributed by atoms with Gasteiger partial charge in [-0.05, 0) is 25.8 Å². The first-order valence-electron chi connectivity index (χ1n) is 4.67. The van der Waals surface area contributed by atoms with Gasteiger partial charge in [0, 0.05) is 6.04 Å². The SMILES string of the molecule is CCCC[C@H]1CCCCN1.Cl. The number of halogens is 1. The fourth-order valence-electron chi connectivity index (χ4n) is 1.62. The van der Waals surface area contributed by atoms with E-state index in [2.05, 4.69) is 12.2 Å². The predicted octanol–water partition coefficient (Wildman–Crippen LogP) is 2.74. The van der Waals surface area contributed by atoms with E-state index in [1.165, 1.54) is 45.1 Å². The van der Waals surface area contributed by atoms with Gasteiger partial charge >= 0.3 is 0 Å². The van der Waals surface area contributed by atoms with Gasteiger partial charge in [-0.25, -0.2) is 0 Å². The molecule has 11 heavy (non-hydrogen) atoms. The van der Waals surface area contributed by atoms with Crippen LogP contribution in [-0.2, 0) is 0 Å². The van der Waals surface area contributed by atoms with Gasteiger partial charge in [-0.3, -0.25) is 0 Å². The second-order valence-corrected chi connectivity index (χ2v) is 3.29. The van der Waals surface area contributed by atoms with E-state index in [4.69, 9.17) is 0 Å². The monoisotopic (exact) mass is 177 g/mol. The van der Waals surface area contributed by atoms with E-state index in [1.807, 2.05) is 0 Å². The fourth-order valence-corrected chi connectivity index (χ4v) is 1.62. The molecule has 1 saturated heterocycles. The van der Waals surface area contributed by atoms with Crippen LogP contribution in [0.3, 0.4) is 0 Å². The van der Waals surface area contributed by atoms with Crippen molar-refractivity contribution in [1.29, 1.82) is 0 Å². The minimum atomic E-state index is 0. The highest BCUT2D eigenvalue weighted by Crippen LogP contribution is 2.12. The quantitative estimate of drug-likeness (QED) is 0.699. The van der Waals surface area contributed by atoms with Gasteiger partial charge in [-0.2, -0.15) is 0 Å². The van der Waals surface area contributed by atoms with Crippen molar-refractivity contribution in [3.63, 3.8) is 0 Å². The molecule has 1 aliphatic heterocycles. The van der Waals surface area contributed by atoms with Crippen LogP contribution in [0.2, 0.25) is 0 Å². The average molecular weight is 178 g/mol. The first-order valence-corrected chi connectivity index (χ1v) is 4.67. The van der Waals surface area contributed by atoms with Crippen LogP contribution in [0.4, 0.5) is 0 Å². The van der Waals surface area contributed by atoms with E-state index in [0.29, 0.717) is 0 Å².